The highest BCUT2D eigenvalue weighted by atomic mass is 32.1. The molecule has 1 atom stereocenters. The third-order valence-electron chi connectivity index (χ3n) is 5.21. The SMILES string of the molecule is Cc1cc(Nc2cc(N(N)[C@@H](C=O)Cc3ccc(-n4ccnc4)cc3)c(F)cc2C(N)=O)sn1. The number of hydrazine groups is 1. The van der Waals surface area contributed by atoms with Gasteiger partial charge in [-0.3, -0.25) is 9.80 Å². The van der Waals surface area contributed by atoms with Gasteiger partial charge in [0.15, 0.2) is 0 Å². The van der Waals surface area contributed by atoms with Crippen molar-refractivity contribution in [3.63, 3.8) is 0 Å². The lowest BCUT2D eigenvalue weighted by atomic mass is 10.0. The monoisotopic (exact) mass is 479 g/mol. The fraction of sp³-hybridized carbons (Fsp3) is 0.130. The molecule has 9 nitrogen and oxygen atoms in total. The van der Waals surface area contributed by atoms with Crippen LogP contribution in [0.3, 0.4) is 0 Å². The number of halogens is 1. The summed E-state index contributed by atoms with van der Waals surface area (Å²) in [6.07, 6.45) is 6.09. The molecule has 0 radical (unpaired) electrons. The lowest BCUT2D eigenvalue weighted by Crippen LogP contribution is -2.44. The van der Waals surface area contributed by atoms with Crippen molar-refractivity contribution in [2.45, 2.75) is 19.4 Å². The fourth-order valence-corrected chi connectivity index (χ4v) is 4.14. The van der Waals surface area contributed by atoms with E-state index in [0.717, 1.165) is 28.0 Å². The van der Waals surface area contributed by atoms with Gasteiger partial charge in [0.25, 0.3) is 5.91 Å². The van der Waals surface area contributed by atoms with E-state index in [1.807, 2.05) is 42.0 Å². The first-order valence-corrected chi connectivity index (χ1v) is 11.0. The largest absolute Gasteiger partial charge is 0.366 e. The van der Waals surface area contributed by atoms with Gasteiger partial charge in [-0.05, 0) is 54.4 Å². The summed E-state index contributed by atoms with van der Waals surface area (Å²) in [5.74, 6) is 4.62. The molecule has 0 saturated carbocycles. The summed E-state index contributed by atoms with van der Waals surface area (Å²) in [6, 6.07) is 10.8. The molecule has 174 valence electrons. The molecule has 0 aliphatic heterocycles. The first-order chi connectivity index (χ1) is 16.4. The number of nitrogens with zero attached hydrogens (tertiary/aromatic N) is 4. The number of aromatic nitrogens is 3. The van der Waals surface area contributed by atoms with Gasteiger partial charge in [-0.2, -0.15) is 4.37 Å². The van der Waals surface area contributed by atoms with Gasteiger partial charge in [0, 0.05) is 24.5 Å². The van der Waals surface area contributed by atoms with Gasteiger partial charge in [0.2, 0.25) is 0 Å². The number of carbonyl (C=O) groups is 2. The van der Waals surface area contributed by atoms with Crippen LogP contribution in [0, 0.1) is 12.7 Å². The normalized spacial score (nSPS) is 11.7. The van der Waals surface area contributed by atoms with Crippen molar-refractivity contribution in [2.75, 3.05) is 10.3 Å². The van der Waals surface area contributed by atoms with Gasteiger partial charge >= 0.3 is 0 Å². The van der Waals surface area contributed by atoms with Crippen molar-refractivity contribution >= 4 is 40.1 Å². The van der Waals surface area contributed by atoms with Crippen LogP contribution in [0.5, 0.6) is 0 Å². The number of aryl methyl sites for hydroxylation is 1. The number of anilines is 3. The van der Waals surface area contributed by atoms with E-state index in [-0.39, 0.29) is 23.4 Å². The standard InChI is InChI=1S/C23H22FN7O2S/c1-14-8-22(34-29-14)28-20-11-21(19(24)10-18(20)23(25)33)31(26)17(12-32)9-15-2-4-16(5-3-15)30-7-6-27-13-30/h2-8,10-13,17,28H,9,26H2,1H3,(H2,25,33)/t17-/m1/s1. The molecule has 1 amide bonds. The Bertz CT molecular complexity index is 1310. The number of aldehydes is 1. The molecule has 5 N–H and O–H groups in total. The third kappa shape index (κ3) is 4.95. The molecule has 4 aromatic rings. The minimum atomic E-state index is -0.855. The molecule has 34 heavy (non-hydrogen) atoms. The van der Waals surface area contributed by atoms with Gasteiger partial charge < -0.3 is 20.4 Å². The summed E-state index contributed by atoms with van der Waals surface area (Å²) in [5, 5.41) is 4.73. The van der Waals surface area contributed by atoms with Crippen molar-refractivity contribution in [1.29, 1.82) is 0 Å². The zero-order valence-electron chi connectivity index (χ0n) is 18.2. The first-order valence-electron chi connectivity index (χ1n) is 10.3. The second kappa shape index (κ2) is 9.81. The van der Waals surface area contributed by atoms with Crippen LogP contribution in [0.15, 0.2) is 61.2 Å². The lowest BCUT2D eigenvalue weighted by Gasteiger charge is -2.26. The zero-order valence-corrected chi connectivity index (χ0v) is 19.0. The maximum Gasteiger partial charge on any atom is 0.250 e. The van der Waals surface area contributed by atoms with E-state index in [9.17, 15) is 14.0 Å². The average molecular weight is 480 g/mol. The fourth-order valence-electron chi connectivity index (χ4n) is 3.47. The number of primary amides is 1. The van der Waals surface area contributed by atoms with E-state index in [2.05, 4.69) is 14.7 Å². The van der Waals surface area contributed by atoms with Gasteiger partial charge in [0.05, 0.1) is 29.0 Å². The molecule has 2 heterocycles. The molecule has 2 aromatic heterocycles. The Hall–Kier alpha value is -4.09. The number of nitrogens with one attached hydrogen (secondary N) is 1. The van der Waals surface area contributed by atoms with Crippen LogP contribution in [0.4, 0.5) is 20.8 Å². The summed E-state index contributed by atoms with van der Waals surface area (Å²) in [5.41, 5.74) is 8.14. The van der Waals surface area contributed by atoms with Crippen LogP contribution in [-0.4, -0.2) is 32.2 Å². The molecule has 0 aliphatic rings. The first kappa shape index (κ1) is 23.1. The molecule has 0 spiro atoms. The smallest absolute Gasteiger partial charge is 0.250 e. The van der Waals surface area contributed by atoms with E-state index in [1.165, 1.54) is 17.6 Å². The van der Waals surface area contributed by atoms with Gasteiger partial charge in [-0.1, -0.05) is 12.1 Å². The quantitative estimate of drug-likeness (QED) is 0.191. The molecular formula is C23H22FN7O2S. The molecule has 0 bridgehead atoms. The molecule has 11 heteroatoms. The highest BCUT2D eigenvalue weighted by Crippen LogP contribution is 2.31. The number of hydrogen-bond acceptors (Lipinski definition) is 8. The van der Waals surface area contributed by atoms with Crippen molar-refractivity contribution in [2.24, 2.45) is 11.6 Å². The Morgan fingerprint density at radius 1 is 1.29 bits per heavy atom. The van der Waals surface area contributed by atoms with E-state index >= 15 is 0 Å². The Morgan fingerprint density at radius 2 is 2.06 bits per heavy atom. The molecule has 0 fully saturated rings. The minimum absolute atomic E-state index is 0.0431. The summed E-state index contributed by atoms with van der Waals surface area (Å²) < 4.78 is 21.0. The number of nitrogens with two attached hydrogens (primary N) is 2. The Labute approximate surface area is 199 Å². The summed E-state index contributed by atoms with van der Waals surface area (Å²) in [7, 11) is 0. The van der Waals surface area contributed by atoms with Crippen LogP contribution in [0.1, 0.15) is 21.6 Å². The molecule has 4 rings (SSSR count). The minimum Gasteiger partial charge on any atom is -0.366 e. The Balaban J connectivity index is 1.59. The summed E-state index contributed by atoms with van der Waals surface area (Å²) >= 11 is 1.18. The molecule has 0 unspecified atom stereocenters. The molecule has 2 aromatic carbocycles. The van der Waals surface area contributed by atoms with Gasteiger partial charge in [-0.25, -0.2) is 15.2 Å². The Kier molecular flexibility index (Phi) is 6.66. The topological polar surface area (TPSA) is 132 Å². The van der Waals surface area contributed by atoms with E-state index in [0.29, 0.717) is 11.3 Å². The maximum absolute atomic E-state index is 14.9. The second-order valence-electron chi connectivity index (χ2n) is 7.62. The molecule has 0 saturated heterocycles. The van der Waals surface area contributed by atoms with Crippen molar-refractivity contribution in [3.8, 4) is 5.69 Å². The van der Waals surface area contributed by atoms with Crippen LogP contribution in [0.25, 0.3) is 5.69 Å². The third-order valence-corrected chi connectivity index (χ3v) is 6.01. The van der Waals surface area contributed by atoms with Crippen LogP contribution >= 0.6 is 11.5 Å². The number of amides is 1. The molecular weight excluding hydrogens is 457 g/mol. The average Bonchev–Trinajstić information content (AvgIpc) is 3.50. The number of benzene rings is 2. The van der Waals surface area contributed by atoms with Gasteiger partial charge in [0.1, 0.15) is 23.1 Å². The summed E-state index contributed by atoms with van der Waals surface area (Å²) in [6.45, 7) is 1.82. The predicted octanol–water partition coefficient (Wildman–Crippen LogP) is 3.11. The highest BCUT2D eigenvalue weighted by Gasteiger charge is 2.23. The number of hydrogen-bond donors (Lipinski definition) is 3. The molecule has 0 aliphatic carbocycles. The second-order valence-corrected chi connectivity index (χ2v) is 8.43. The maximum atomic E-state index is 14.9. The van der Waals surface area contributed by atoms with Crippen molar-refractivity contribution in [3.05, 3.63) is 83.8 Å². The predicted molar refractivity (Wildman–Crippen MR) is 129 cm³/mol. The van der Waals surface area contributed by atoms with Crippen molar-refractivity contribution in [1.82, 2.24) is 13.9 Å². The highest BCUT2D eigenvalue weighted by molar-refractivity contribution is 7.10. The van der Waals surface area contributed by atoms with Crippen LogP contribution in [-0.2, 0) is 11.2 Å². The number of imidazole rings is 1. The van der Waals surface area contributed by atoms with Crippen molar-refractivity contribution < 1.29 is 14.0 Å². The van der Waals surface area contributed by atoms with E-state index in [1.54, 1.807) is 18.6 Å². The number of carbonyl (C=O) groups excluding carboxylic acids is 2. The van der Waals surface area contributed by atoms with Crippen LogP contribution in [0.2, 0.25) is 0 Å². The summed E-state index contributed by atoms with van der Waals surface area (Å²) in [4.78, 5) is 27.8. The van der Waals surface area contributed by atoms with E-state index < -0.39 is 17.8 Å². The zero-order chi connectivity index (χ0) is 24.2. The van der Waals surface area contributed by atoms with Crippen LogP contribution < -0.4 is 21.9 Å². The van der Waals surface area contributed by atoms with Gasteiger partial charge in [-0.15, -0.1) is 0 Å². The Morgan fingerprint density at radius 3 is 2.65 bits per heavy atom. The van der Waals surface area contributed by atoms with E-state index in [4.69, 9.17) is 11.6 Å². The number of rotatable bonds is 9. The lowest BCUT2D eigenvalue weighted by molar-refractivity contribution is -0.109.